The van der Waals surface area contributed by atoms with E-state index >= 15 is 0 Å². The second kappa shape index (κ2) is 8.56. The van der Waals surface area contributed by atoms with Gasteiger partial charge in [0.2, 0.25) is 0 Å². The van der Waals surface area contributed by atoms with Gasteiger partial charge >= 0.3 is 0 Å². The molecule has 6 heteroatoms. The van der Waals surface area contributed by atoms with Gasteiger partial charge in [0.25, 0.3) is 11.8 Å². The van der Waals surface area contributed by atoms with E-state index in [0.29, 0.717) is 27.7 Å². The molecule has 0 aliphatic rings. The van der Waals surface area contributed by atoms with Crippen LogP contribution in [0.2, 0.25) is 10.0 Å². The Morgan fingerprint density at radius 1 is 0.885 bits per heavy atom. The molecule has 0 fully saturated rings. The lowest BCUT2D eigenvalue weighted by atomic mass is 9.87. The zero-order chi connectivity index (χ0) is 19.3. The molecular formula is C20H22Cl2N2O2. The van der Waals surface area contributed by atoms with Gasteiger partial charge in [0.15, 0.2) is 0 Å². The number of rotatable bonds is 5. The normalized spacial score (nSPS) is 11.1. The van der Waals surface area contributed by atoms with Crippen LogP contribution in [-0.2, 0) is 5.41 Å². The second-order valence-electron chi connectivity index (χ2n) is 6.96. The summed E-state index contributed by atoms with van der Waals surface area (Å²) < 4.78 is 0. The van der Waals surface area contributed by atoms with E-state index in [1.165, 1.54) is 11.6 Å². The molecule has 0 heterocycles. The summed E-state index contributed by atoms with van der Waals surface area (Å²) in [5.74, 6) is -0.512. The zero-order valence-corrected chi connectivity index (χ0v) is 16.5. The van der Waals surface area contributed by atoms with Crippen molar-refractivity contribution >= 4 is 35.0 Å². The third kappa shape index (κ3) is 5.48. The first-order valence-electron chi connectivity index (χ1n) is 8.30. The van der Waals surface area contributed by atoms with Gasteiger partial charge in [-0.2, -0.15) is 0 Å². The lowest BCUT2D eigenvalue weighted by Gasteiger charge is -2.19. The molecule has 2 aromatic carbocycles. The maximum atomic E-state index is 12.2. The molecule has 26 heavy (non-hydrogen) atoms. The Labute approximate surface area is 163 Å². The Morgan fingerprint density at radius 3 is 2.04 bits per heavy atom. The highest BCUT2D eigenvalue weighted by molar-refractivity contribution is 6.35. The molecule has 2 N–H and O–H groups in total. The van der Waals surface area contributed by atoms with Crippen molar-refractivity contribution in [2.75, 3.05) is 13.1 Å². The summed E-state index contributed by atoms with van der Waals surface area (Å²) in [6.07, 6.45) is 0. The van der Waals surface area contributed by atoms with E-state index in [1.807, 2.05) is 12.1 Å². The average molecular weight is 393 g/mol. The number of carbonyl (C=O) groups excluding carboxylic acids is 2. The molecule has 138 valence electrons. The highest BCUT2D eigenvalue weighted by atomic mass is 35.5. The van der Waals surface area contributed by atoms with E-state index in [4.69, 9.17) is 23.2 Å². The van der Waals surface area contributed by atoms with E-state index in [9.17, 15) is 9.59 Å². The Hall–Kier alpha value is -2.04. The maximum absolute atomic E-state index is 12.2. The molecule has 2 aromatic rings. The molecule has 4 nitrogen and oxygen atoms in total. The molecule has 2 rings (SSSR count). The summed E-state index contributed by atoms with van der Waals surface area (Å²) >= 11 is 11.9. The molecular weight excluding hydrogens is 371 g/mol. The van der Waals surface area contributed by atoms with E-state index < -0.39 is 0 Å². The molecule has 0 atom stereocenters. The summed E-state index contributed by atoms with van der Waals surface area (Å²) in [7, 11) is 0. The highest BCUT2D eigenvalue weighted by Crippen LogP contribution is 2.22. The quantitative estimate of drug-likeness (QED) is 0.738. The third-order valence-electron chi connectivity index (χ3n) is 3.88. The first kappa shape index (κ1) is 20.3. The molecule has 0 unspecified atom stereocenters. The van der Waals surface area contributed by atoms with Crippen LogP contribution in [0.3, 0.4) is 0 Å². The molecule has 0 aliphatic heterocycles. The minimum atomic E-state index is -0.332. The van der Waals surface area contributed by atoms with Gasteiger partial charge in [0.1, 0.15) is 0 Å². The standard InChI is InChI=1S/C20H22Cl2N2O2/c1-20(2,3)14-6-4-13(5-7-14)18(25)23-10-11-24-19(26)16-12-15(21)8-9-17(16)22/h4-9,12H,10-11H2,1-3H3,(H,23,25)(H,24,26). The fraction of sp³-hybridized carbons (Fsp3) is 0.300. The monoisotopic (exact) mass is 392 g/mol. The van der Waals surface area contributed by atoms with Crippen LogP contribution in [0.5, 0.6) is 0 Å². The van der Waals surface area contributed by atoms with Gasteiger partial charge < -0.3 is 10.6 Å². The fourth-order valence-corrected chi connectivity index (χ4v) is 2.72. The fourth-order valence-electron chi connectivity index (χ4n) is 2.34. The summed E-state index contributed by atoms with van der Waals surface area (Å²) in [5.41, 5.74) is 2.10. The third-order valence-corrected chi connectivity index (χ3v) is 4.45. The first-order chi connectivity index (χ1) is 12.2. The summed E-state index contributed by atoms with van der Waals surface area (Å²) in [6, 6.07) is 12.2. The van der Waals surface area contributed by atoms with Crippen LogP contribution >= 0.6 is 23.2 Å². The van der Waals surface area contributed by atoms with E-state index in [-0.39, 0.29) is 23.8 Å². The number of benzene rings is 2. The van der Waals surface area contributed by atoms with E-state index in [0.717, 1.165) is 0 Å². The molecule has 0 aromatic heterocycles. The molecule has 2 amide bonds. The number of carbonyl (C=O) groups is 2. The lowest BCUT2D eigenvalue weighted by Crippen LogP contribution is -2.34. The Bertz CT molecular complexity index is 796. The topological polar surface area (TPSA) is 58.2 Å². The number of hydrogen-bond donors (Lipinski definition) is 2. The van der Waals surface area contributed by atoms with Crippen LogP contribution in [0.25, 0.3) is 0 Å². The van der Waals surface area contributed by atoms with Crippen molar-refractivity contribution in [1.29, 1.82) is 0 Å². The lowest BCUT2D eigenvalue weighted by molar-refractivity contribution is 0.0927. The molecule has 0 aliphatic carbocycles. The van der Waals surface area contributed by atoms with E-state index in [2.05, 4.69) is 31.4 Å². The number of amides is 2. The maximum Gasteiger partial charge on any atom is 0.252 e. The Balaban J connectivity index is 1.83. The number of hydrogen-bond acceptors (Lipinski definition) is 2. The van der Waals surface area contributed by atoms with Crippen molar-refractivity contribution in [3.05, 3.63) is 69.2 Å². The largest absolute Gasteiger partial charge is 0.350 e. The van der Waals surface area contributed by atoms with Gasteiger partial charge in [-0.05, 0) is 41.3 Å². The molecule has 0 spiro atoms. The van der Waals surface area contributed by atoms with Crippen molar-refractivity contribution in [1.82, 2.24) is 10.6 Å². The van der Waals surface area contributed by atoms with Gasteiger partial charge in [-0.15, -0.1) is 0 Å². The van der Waals surface area contributed by atoms with Gasteiger partial charge in [-0.25, -0.2) is 0 Å². The molecule has 0 saturated carbocycles. The number of nitrogens with one attached hydrogen (secondary N) is 2. The van der Waals surface area contributed by atoms with Crippen LogP contribution in [0, 0.1) is 0 Å². The molecule has 0 saturated heterocycles. The first-order valence-corrected chi connectivity index (χ1v) is 9.06. The van der Waals surface area contributed by atoms with E-state index in [1.54, 1.807) is 24.3 Å². The van der Waals surface area contributed by atoms with Gasteiger partial charge in [-0.3, -0.25) is 9.59 Å². The summed E-state index contributed by atoms with van der Waals surface area (Å²) in [6.45, 7) is 6.96. The van der Waals surface area contributed by atoms with Crippen LogP contribution in [0.4, 0.5) is 0 Å². The van der Waals surface area contributed by atoms with Crippen molar-refractivity contribution in [2.24, 2.45) is 0 Å². The van der Waals surface area contributed by atoms with Crippen LogP contribution in [0.1, 0.15) is 47.1 Å². The van der Waals surface area contributed by atoms with Crippen LogP contribution < -0.4 is 10.6 Å². The van der Waals surface area contributed by atoms with Crippen LogP contribution in [-0.4, -0.2) is 24.9 Å². The predicted molar refractivity (Wildman–Crippen MR) is 106 cm³/mol. The molecule has 0 bridgehead atoms. The predicted octanol–water partition coefficient (Wildman–Crippen LogP) is 4.45. The minimum Gasteiger partial charge on any atom is -0.350 e. The van der Waals surface area contributed by atoms with Crippen molar-refractivity contribution in [3.63, 3.8) is 0 Å². The second-order valence-corrected chi connectivity index (χ2v) is 7.81. The summed E-state index contributed by atoms with van der Waals surface area (Å²) in [5, 5.41) is 6.25. The van der Waals surface area contributed by atoms with Gasteiger partial charge in [-0.1, -0.05) is 56.1 Å². The average Bonchev–Trinajstić information content (AvgIpc) is 2.59. The van der Waals surface area contributed by atoms with Gasteiger partial charge in [0, 0.05) is 23.7 Å². The van der Waals surface area contributed by atoms with Crippen molar-refractivity contribution in [3.8, 4) is 0 Å². The minimum absolute atomic E-state index is 0.0426. The Morgan fingerprint density at radius 2 is 1.46 bits per heavy atom. The SMILES string of the molecule is CC(C)(C)c1ccc(C(=O)NCCNC(=O)c2cc(Cl)ccc2Cl)cc1. The van der Waals surface area contributed by atoms with Crippen molar-refractivity contribution < 1.29 is 9.59 Å². The van der Waals surface area contributed by atoms with Crippen molar-refractivity contribution in [2.45, 2.75) is 26.2 Å². The van der Waals surface area contributed by atoms with Gasteiger partial charge in [0.05, 0.1) is 10.6 Å². The van der Waals surface area contributed by atoms with Crippen LogP contribution in [0.15, 0.2) is 42.5 Å². The summed E-state index contributed by atoms with van der Waals surface area (Å²) in [4.78, 5) is 24.3. The Kier molecular flexibility index (Phi) is 6.68. The number of halogens is 2. The zero-order valence-electron chi connectivity index (χ0n) is 15.0. The highest BCUT2D eigenvalue weighted by Gasteiger charge is 2.14. The molecule has 0 radical (unpaired) electrons. The smallest absolute Gasteiger partial charge is 0.252 e.